The van der Waals surface area contributed by atoms with Gasteiger partial charge in [-0.25, -0.2) is 4.79 Å². The van der Waals surface area contributed by atoms with E-state index in [2.05, 4.69) is 19.0 Å². The molecule has 35 heavy (non-hydrogen) atoms. The maximum absolute atomic E-state index is 13.6. The summed E-state index contributed by atoms with van der Waals surface area (Å²) < 4.78 is 57.2. The SMILES string of the molecule is CCCc1cc2c(C(F)(F)F)noc2c(CCC)c1OC(C(=O)OC)c1ccc(CC(C)C)cc1. The van der Waals surface area contributed by atoms with Crippen LogP contribution in [0.5, 0.6) is 5.75 Å². The zero-order valence-corrected chi connectivity index (χ0v) is 20.8. The number of fused-ring (bicyclic) bond motifs is 1. The van der Waals surface area contributed by atoms with Gasteiger partial charge in [-0.05, 0) is 42.4 Å². The number of esters is 1. The van der Waals surface area contributed by atoms with Crippen molar-refractivity contribution in [3.05, 3.63) is 58.3 Å². The minimum Gasteiger partial charge on any atom is -0.473 e. The molecule has 1 unspecified atom stereocenters. The lowest BCUT2D eigenvalue weighted by Gasteiger charge is -2.22. The van der Waals surface area contributed by atoms with Crippen molar-refractivity contribution in [2.75, 3.05) is 7.11 Å². The van der Waals surface area contributed by atoms with Crippen LogP contribution in [0, 0.1) is 5.92 Å². The van der Waals surface area contributed by atoms with Gasteiger partial charge in [-0.1, -0.05) is 70.0 Å². The summed E-state index contributed by atoms with van der Waals surface area (Å²) in [7, 11) is 1.28. The number of hydrogen-bond acceptors (Lipinski definition) is 5. The van der Waals surface area contributed by atoms with Gasteiger partial charge in [0.25, 0.3) is 0 Å². The lowest BCUT2D eigenvalue weighted by atomic mass is 9.97. The molecule has 0 amide bonds. The van der Waals surface area contributed by atoms with Crippen LogP contribution in [-0.2, 0) is 35.0 Å². The number of carbonyl (C=O) groups is 1. The van der Waals surface area contributed by atoms with Crippen LogP contribution >= 0.6 is 0 Å². The van der Waals surface area contributed by atoms with Crippen molar-refractivity contribution in [3.63, 3.8) is 0 Å². The summed E-state index contributed by atoms with van der Waals surface area (Å²) in [6, 6.07) is 8.97. The minimum atomic E-state index is -4.65. The molecule has 0 bridgehead atoms. The second-order valence-corrected chi connectivity index (χ2v) is 9.11. The van der Waals surface area contributed by atoms with E-state index in [0.29, 0.717) is 54.0 Å². The zero-order chi connectivity index (χ0) is 25.8. The molecular formula is C27H32F3NO4. The van der Waals surface area contributed by atoms with E-state index >= 15 is 0 Å². The van der Waals surface area contributed by atoms with Crippen molar-refractivity contribution in [1.29, 1.82) is 0 Å². The smallest absolute Gasteiger partial charge is 0.437 e. The number of carbonyl (C=O) groups excluding carboxylic acids is 1. The minimum absolute atomic E-state index is 0.0323. The number of halogens is 3. The Morgan fingerprint density at radius 3 is 2.29 bits per heavy atom. The van der Waals surface area contributed by atoms with Crippen LogP contribution in [0.3, 0.4) is 0 Å². The molecule has 0 N–H and O–H groups in total. The highest BCUT2D eigenvalue weighted by Gasteiger charge is 2.38. The third kappa shape index (κ3) is 5.97. The summed E-state index contributed by atoms with van der Waals surface area (Å²) in [6.45, 7) is 8.09. The van der Waals surface area contributed by atoms with Gasteiger partial charge < -0.3 is 14.0 Å². The van der Waals surface area contributed by atoms with Crippen LogP contribution < -0.4 is 4.74 Å². The first-order chi connectivity index (χ1) is 16.6. The van der Waals surface area contributed by atoms with Crippen LogP contribution in [0.4, 0.5) is 13.2 Å². The number of ether oxygens (including phenoxy) is 2. The molecule has 3 rings (SSSR count). The molecule has 1 aromatic heterocycles. The normalized spacial score (nSPS) is 12.8. The molecule has 190 valence electrons. The third-order valence-corrected chi connectivity index (χ3v) is 5.75. The summed E-state index contributed by atoms with van der Waals surface area (Å²) in [4.78, 5) is 12.8. The average Bonchev–Trinajstić information content (AvgIpc) is 3.23. The Bertz CT molecular complexity index is 1150. The fourth-order valence-electron chi connectivity index (χ4n) is 4.25. The Labute approximate surface area is 203 Å². The van der Waals surface area contributed by atoms with Gasteiger partial charge >= 0.3 is 12.1 Å². The first-order valence-electron chi connectivity index (χ1n) is 11.9. The molecule has 0 saturated carbocycles. The van der Waals surface area contributed by atoms with Gasteiger partial charge in [0.2, 0.25) is 6.10 Å². The summed E-state index contributed by atoms with van der Waals surface area (Å²) in [5.74, 6) is 0.241. The maximum Gasteiger partial charge on any atom is 0.437 e. The van der Waals surface area contributed by atoms with Crippen molar-refractivity contribution in [1.82, 2.24) is 5.16 Å². The molecule has 0 radical (unpaired) electrons. The molecule has 0 aliphatic carbocycles. The van der Waals surface area contributed by atoms with Gasteiger partial charge in [-0.15, -0.1) is 0 Å². The van der Waals surface area contributed by atoms with E-state index in [4.69, 9.17) is 14.0 Å². The molecular weight excluding hydrogens is 459 g/mol. The number of hydrogen-bond donors (Lipinski definition) is 0. The Kier molecular flexibility index (Phi) is 8.46. The Hall–Kier alpha value is -3.03. The second kappa shape index (κ2) is 11.1. The van der Waals surface area contributed by atoms with E-state index in [1.165, 1.54) is 13.2 Å². The monoisotopic (exact) mass is 491 g/mol. The number of alkyl halides is 3. The number of aromatic nitrogens is 1. The summed E-state index contributed by atoms with van der Waals surface area (Å²) in [5.41, 5.74) is 1.75. The summed E-state index contributed by atoms with van der Waals surface area (Å²) in [6.07, 6.45) is -2.66. The molecule has 2 aromatic carbocycles. The molecule has 1 atom stereocenters. The standard InChI is InChI=1S/C27H32F3NO4/c1-6-8-19-15-21-24(35-31-25(21)27(28,29)30)20(9-7-2)22(19)34-23(26(32)33-5)18-12-10-17(11-13-18)14-16(3)4/h10-13,15-16,23H,6-9,14H2,1-5H3. The molecule has 0 spiro atoms. The predicted octanol–water partition coefficient (Wildman–Crippen LogP) is 7.24. The van der Waals surface area contributed by atoms with Crippen LogP contribution in [0.25, 0.3) is 11.0 Å². The highest BCUT2D eigenvalue weighted by Crippen LogP contribution is 2.42. The summed E-state index contributed by atoms with van der Waals surface area (Å²) in [5, 5.41) is 3.23. The first kappa shape index (κ1) is 26.6. The molecule has 0 aliphatic rings. The maximum atomic E-state index is 13.6. The van der Waals surface area contributed by atoms with Gasteiger partial charge in [0.1, 0.15) is 5.75 Å². The number of rotatable bonds is 10. The quantitative estimate of drug-likeness (QED) is 0.280. The van der Waals surface area contributed by atoms with Gasteiger partial charge in [-0.3, -0.25) is 0 Å². The van der Waals surface area contributed by atoms with E-state index in [1.54, 1.807) is 0 Å². The first-order valence-corrected chi connectivity index (χ1v) is 11.9. The topological polar surface area (TPSA) is 61.6 Å². The van der Waals surface area contributed by atoms with Crippen LogP contribution in [-0.4, -0.2) is 18.2 Å². The Morgan fingerprint density at radius 2 is 1.74 bits per heavy atom. The van der Waals surface area contributed by atoms with E-state index in [1.807, 2.05) is 38.1 Å². The van der Waals surface area contributed by atoms with Crippen LogP contribution in [0.15, 0.2) is 34.9 Å². The van der Waals surface area contributed by atoms with Gasteiger partial charge in [0.05, 0.1) is 12.5 Å². The van der Waals surface area contributed by atoms with Crippen molar-refractivity contribution in [2.45, 2.75) is 72.1 Å². The zero-order valence-electron chi connectivity index (χ0n) is 20.8. The number of nitrogens with zero attached hydrogens (tertiary/aromatic N) is 1. The Morgan fingerprint density at radius 1 is 1.09 bits per heavy atom. The van der Waals surface area contributed by atoms with Crippen molar-refractivity contribution in [3.8, 4) is 5.75 Å². The van der Waals surface area contributed by atoms with E-state index in [-0.39, 0.29) is 11.0 Å². The van der Waals surface area contributed by atoms with Crippen LogP contribution in [0.2, 0.25) is 0 Å². The molecule has 0 aliphatic heterocycles. The van der Waals surface area contributed by atoms with Gasteiger partial charge in [-0.2, -0.15) is 13.2 Å². The van der Waals surface area contributed by atoms with E-state index in [0.717, 1.165) is 12.0 Å². The molecule has 3 aromatic rings. The molecule has 0 fully saturated rings. The average molecular weight is 492 g/mol. The highest BCUT2D eigenvalue weighted by atomic mass is 19.4. The molecule has 5 nitrogen and oxygen atoms in total. The van der Waals surface area contributed by atoms with E-state index in [9.17, 15) is 18.0 Å². The fraction of sp³-hybridized carbons (Fsp3) is 0.481. The van der Waals surface area contributed by atoms with Crippen molar-refractivity contribution >= 4 is 16.9 Å². The van der Waals surface area contributed by atoms with Gasteiger partial charge in [0.15, 0.2) is 11.3 Å². The lowest BCUT2D eigenvalue weighted by molar-refractivity contribution is -0.149. The van der Waals surface area contributed by atoms with Crippen LogP contribution in [0.1, 0.15) is 74.6 Å². The van der Waals surface area contributed by atoms with Crippen molar-refractivity contribution in [2.24, 2.45) is 5.92 Å². The van der Waals surface area contributed by atoms with Crippen molar-refractivity contribution < 1.29 is 32.0 Å². The third-order valence-electron chi connectivity index (χ3n) is 5.75. The molecule has 0 saturated heterocycles. The number of methoxy groups -OCH3 is 1. The number of aryl methyl sites for hydroxylation is 2. The fourth-order valence-corrected chi connectivity index (χ4v) is 4.25. The predicted molar refractivity (Wildman–Crippen MR) is 127 cm³/mol. The Balaban J connectivity index is 2.15. The summed E-state index contributed by atoms with van der Waals surface area (Å²) >= 11 is 0. The van der Waals surface area contributed by atoms with E-state index < -0.39 is 23.9 Å². The lowest BCUT2D eigenvalue weighted by Crippen LogP contribution is -2.21. The molecule has 8 heteroatoms. The largest absolute Gasteiger partial charge is 0.473 e. The second-order valence-electron chi connectivity index (χ2n) is 9.11. The molecule has 1 heterocycles. The highest BCUT2D eigenvalue weighted by molar-refractivity contribution is 5.87. The van der Waals surface area contributed by atoms with Gasteiger partial charge in [0, 0.05) is 11.1 Å². The number of benzene rings is 2.